The number of aromatic amines is 1. The average Bonchev–Trinajstić information content (AvgIpc) is 3.28. The molecule has 0 spiro atoms. The fourth-order valence-corrected chi connectivity index (χ4v) is 7.33. The van der Waals surface area contributed by atoms with Crippen molar-refractivity contribution in [3.05, 3.63) is 79.7 Å². The molecular weight excluding hydrogens is 567 g/mol. The minimum absolute atomic E-state index is 0.0324. The van der Waals surface area contributed by atoms with Crippen LogP contribution in [0.3, 0.4) is 0 Å². The maximum absolute atomic E-state index is 13.7. The van der Waals surface area contributed by atoms with E-state index in [-0.39, 0.29) is 36.1 Å². The number of H-pyrrole nitrogens is 1. The molecule has 2 heterocycles. The first-order valence-electron chi connectivity index (χ1n) is 12.7. The summed E-state index contributed by atoms with van der Waals surface area (Å²) in [6.07, 6.45) is 4.98. The second-order valence-corrected chi connectivity index (χ2v) is 12.4. The fourth-order valence-electron chi connectivity index (χ4n) is 5.30. The first-order valence-corrected chi connectivity index (χ1v) is 14.9. The van der Waals surface area contributed by atoms with Gasteiger partial charge in [-0.15, -0.1) is 0 Å². The predicted octanol–water partition coefficient (Wildman–Crippen LogP) is 4.36. The third-order valence-corrected chi connectivity index (χ3v) is 9.78. The molecule has 2 aromatic carbocycles. The van der Waals surface area contributed by atoms with Gasteiger partial charge in [0.2, 0.25) is 10.0 Å². The number of carbonyl (C=O) groups is 1. The van der Waals surface area contributed by atoms with Crippen molar-refractivity contribution in [3.8, 4) is 5.75 Å². The largest absolute Gasteiger partial charge is 0.489 e. The molecule has 13 heteroatoms. The molecule has 3 aromatic rings. The van der Waals surface area contributed by atoms with Crippen LogP contribution < -0.4 is 15.8 Å². The third-order valence-electron chi connectivity index (χ3n) is 7.31. The van der Waals surface area contributed by atoms with E-state index < -0.39 is 27.5 Å². The Morgan fingerprint density at radius 2 is 1.82 bits per heavy atom. The van der Waals surface area contributed by atoms with E-state index in [0.29, 0.717) is 27.1 Å². The van der Waals surface area contributed by atoms with Gasteiger partial charge in [-0.1, -0.05) is 48.5 Å². The monoisotopic (exact) mass is 594 g/mol. The van der Waals surface area contributed by atoms with E-state index in [9.17, 15) is 23.2 Å². The van der Waals surface area contributed by atoms with Gasteiger partial charge in [-0.05, 0) is 49.2 Å². The van der Waals surface area contributed by atoms with Crippen LogP contribution in [0.5, 0.6) is 5.75 Å². The zero-order chi connectivity index (χ0) is 27.7. The van der Waals surface area contributed by atoms with Crippen molar-refractivity contribution < 1.29 is 23.2 Å². The van der Waals surface area contributed by atoms with Gasteiger partial charge in [-0.25, -0.2) is 18.6 Å². The second-order valence-electron chi connectivity index (χ2n) is 9.71. The molecule has 5 rings (SSSR count). The lowest BCUT2D eigenvalue weighted by atomic mass is 9.95. The number of aromatic nitrogens is 2. The molecule has 1 fully saturated rings. The minimum atomic E-state index is -4.23. The lowest BCUT2D eigenvalue weighted by Crippen LogP contribution is -2.48. The molecule has 0 radical (unpaired) electrons. The molecule has 0 bridgehead atoms. The van der Waals surface area contributed by atoms with E-state index >= 15 is 0 Å². The normalized spacial score (nSPS) is 18.5. The molecule has 1 aliphatic heterocycles. The number of carbonyl (C=O) groups excluding carboxylic acids is 1. The molecule has 1 atom stereocenters. The zero-order valence-electron chi connectivity index (χ0n) is 20.9. The molecule has 1 unspecified atom stereocenters. The SMILES string of the molecule is O=C(NO)C1c2c([nH]n(C3CCCCC3)c2=O)CCN1S(=O)(=O)c1ccc(OCc2ccc(Cl)cc2Cl)cc1. The fraction of sp³-hybridized carbons (Fsp3) is 0.385. The highest BCUT2D eigenvalue weighted by Crippen LogP contribution is 2.35. The Morgan fingerprint density at radius 1 is 1.10 bits per heavy atom. The Morgan fingerprint density at radius 3 is 2.49 bits per heavy atom. The van der Waals surface area contributed by atoms with Crippen molar-refractivity contribution in [2.75, 3.05) is 6.54 Å². The molecule has 0 saturated heterocycles. The number of benzene rings is 2. The molecule has 208 valence electrons. The highest BCUT2D eigenvalue weighted by atomic mass is 35.5. The Balaban J connectivity index is 1.40. The van der Waals surface area contributed by atoms with Gasteiger partial charge in [-0.2, -0.15) is 4.31 Å². The van der Waals surface area contributed by atoms with Crippen LogP contribution in [-0.4, -0.2) is 40.2 Å². The quantitative estimate of drug-likeness (QED) is 0.275. The lowest BCUT2D eigenvalue weighted by molar-refractivity contribution is -0.133. The number of nitrogens with zero attached hydrogens (tertiary/aromatic N) is 2. The van der Waals surface area contributed by atoms with E-state index in [4.69, 9.17) is 27.9 Å². The number of hydrogen-bond acceptors (Lipinski definition) is 6. The summed E-state index contributed by atoms with van der Waals surface area (Å²) in [6.45, 7) is 0.0991. The van der Waals surface area contributed by atoms with Crippen LogP contribution in [0.1, 0.15) is 61.0 Å². The van der Waals surface area contributed by atoms with E-state index in [0.717, 1.165) is 36.4 Å². The molecule has 1 saturated carbocycles. The number of hydrogen-bond donors (Lipinski definition) is 3. The first-order chi connectivity index (χ1) is 18.7. The Bertz CT molecular complexity index is 1530. The topological polar surface area (TPSA) is 134 Å². The van der Waals surface area contributed by atoms with Gasteiger partial charge in [0, 0.05) is 34.3 Å². The smallest absolute Gasteiger partial charge is 0.272 e. The Labute approximate surface area is 235 Å². The van der Waals surface area contributed by atoms with Crippen molar-refractivity contribution >= 4 is 39.1 Å². The van der Waals surface area contributed by atoms with Crippen molar-refractivity contribution in [1.29, 1.82) is 0 Å². The van der Waals surface area contributed by atoms with Crippen molar-refractivity contribution in [2.24, 2.45) is 0 Å². The molecule has 1 aromatic heterocycles. The summed E-state index contributed by atoms with van der Waals surface area (Å²) in [5.41, 5.74) is 2.38. The molecule has 39 heavy (non-hydrogen) atoms. The van der Waals surface area contributed by atoms with Gasteiger partial charge in [0.1, 0.15) is 18.4 Å². The summed E-state index contributed by atoms with van der Waals surface area (Å²) in [5.74, 6) is -0.585. The number of halogens is 2. The summed E-state index contributed by atoms with van der Waals surface area (Å²) in [7, 11) is -4.23. The molecular formula is C26H28Cl2N4O6S. The van der Waals surface area contributed by atoms with Gasteiger partial charge >= 0.3 is 0 Å². The predicted molar refractivity (Wildman–Crippen MR) is 145 cm³/mol. The summed E-state index contributed by atoms with van der Waals surface area (Å²) in [5, 5.41) is 13.5. The summed E-state index contributed by atoms with van der Waals surface area (Å²) in [4.78, 5) is 26.2. The van der Waals surface area contributed by atoms with E-state index in [1.165, 1.54) is 28.9 Å². The van der Waals surface area contributed by atoms with Crippen LogP contribution >= 0.6 is 23.2 Å². The number of rotatable bonds is 7. The van der Waals surface area contributed by atoms with Crippen molar-refractivity contribution in [1.82, 2.24) is 19.6 Å². The maximum Gasteiger partial charge on any atom is 0.272 e. The number of sulfonamides is 1. The molecule has 1 aliphatic carbocycles. The van der Waals surface area contributed by atoms with E-state index in [1.54, 1.807) is 23.7 Å². The van der Waals surface area contributed by atoms with Gasteiger partial charge in [0.25, 0.3) is 11.5 Å². The minimum Gasteiger partial charge on any atom is -0.489 e. The molecule has 10 nitrogen and oxygen atoms in total. The second kappa shape index (κ2) is 11.3. The molecule has 1 amide bonds. The lowest BCUT2D eigenvalue weighted by Gasteiger charge is -2.32. The number of amides is 1. The van der Waals surface area contributed by atoms with Crippen molar-refractivity contribution in [2.45, 2.75) is 62.1 Å². The Kier molecular flexibility index (Phi) is 8.06. The van der Waals surface area contributed by atoms with Crippen LogP contribution in [0.25, 0.3) is 0 Å². The summed E-state index contributed by atoms with van der Waals surface area (Å²) >= 11 is 12.1. The molecule has 3 N–H and O–H groups in total. The number of ether oxygens (including phenoxy) is 1. The van der Waals surface area contributed by atoms with Crippen LogP contribution in [0.2, 0.25) is 10.0 Å². The molecule has 2 aliphatic rings. The average molecular weight is 596 g/mol. The van der Waals surface area contributed by atoms with Gasteiger partial charge in [0.05, 0.1) is 16.5 Å². The Hall–Kier alpha value is -2.83. The number of hydroxylamine groups is 1. The highest BCUT2D eigenvalue weighted by Gasteiger charge is 2.44. The van der Waals surface area contributed by atoms with E-state index in [2.05, 4.69) is 5.10 Å². The summed E-state index contributed by atoms with van der Waals surface area (Å²) < 4.78 is 35.6. The van der Waals surface area contributed by atoms with Crippen LogP contribution in [-0.2, 0) is 27.8 Å². The van der Waals surface area contributed by atoms with Crippen LogP contribution in [0, 0.1) is 0 Å². The standard InChI is InChI=1S/C26H28Cl2N4O6S/c27-17-7-6-16(21(28)14-17)15-38-19-8-10-20(11-9-19)39(36,37)31-13-12-22-23(24(31)25(33)30-35)26(34)32(29-22)18-4-2-1-3-5-18/h6-11,14,18,24,29,35H,1-5,12-13,15H2,(H,30,33). The highest BCUT2D eigenvalue weighted by molar-refractivity contribution is 7.89. The van der Waals surface area contributed by atoms with Gasteiger partial charge in [0.15, 0.2) is 0 Å². The maximum atomic E-state index is 13.7. The number of fused-ring (bicyclic) bond motifs is 1. The van der Waals surface area contributed by atoms with Crippen LogP contribution in [0.15, 0.2) is 52.2 Å². The summed E-state index contributed by atoms with van der Waals surface area (Å²) in [6, 6.07) is 9.23. The third kappa shape index (κ3) is 5.46. The van der Waals surface area contributed by atoms with Crippen molar-refractivity contribution in [3.63, 3.8) is 0 Å². The van der Waals surface area contributed by atoms with Crippen LogP contribution in [0.4, 0.5) is 0 Å². The van der Waals surface area contributed by atoms with E-state index in [1.807, 2.05) is 0 Å². The van der Waals surface area contributed by atoms with Gasteiger partial charge < -0.3 is 4.74 Å². The first kappa shape index (κ1) is 27.7. The zero-order valence-corrected chi connectivity index (χ0v) is 23.2. The number of nitrogens with one attached hydrogen (secondary N) is 2. The van der Waals surface area contributed by atoms with Gasteiger partial charge in [-0.3, -0.25) is 19.9 Å².